The van der Waals surface area contributed by atoms with Gasteiger partial charge in [0.15, 0.2) is 0 Å². The number of hydrogen-bond acceptors (Lipinski definition) is 2. The second-order valence-electron chi connectivity index (χ2n) is 4.32. The third-order valence-electron chi connectivity index (χ3n) is 2.60. The van der Waals surface area contributed by atoms with Gasteiger partial charge in [-0.2, -0.15) is 0 Å². The van der Waals surface area contributed by atoms with E-state index in [1.165, 1.54) is 6.07 Å². The van der Waals surface area contributed by atoms with Gasteiger partial charge in [0.25, 0.3) is 0 Å². The first-order valence-electron chi connectivity index (χ1n) is 5.73. The van der Waals surface area contributed by atoms with Crippen LogP contribution in [0, 0.1) is 5.82 Å². The maximum Gasteiger partial charge on any atom is 0.123 e. The monoisotopic (exact) mass is 225 g/mol. The molecule has 0 aliphatic carbocycles. The Morgan fingerprint density at radius 1 is 1.31 bits per heavy atom. The van der Waals surface area contributed by atoms with Crippen LogP contribution in [0.25, 0.3) is 0 Å². The van der Waals surface area contributed by atoms with Gasteiger partial charge in [0.1, 0.15) is 5.82 Å². The van der Waals surface area contributed by atoms with E-state index in [2.05, 4.69) is 12.2 Å². The summed E-state index contributed by atoms with van der Waals surface area (Å²) in [6.07, 6.45) is 1.79. The highest BCUT2D eigenvalue weighted by molar-refractivity contribution is 5.16. The number of halogens is 1. The summed E-state index contributed by atoms with van der Waals surface area (Å²) in [7, 11) is 0. The van der Waals surface area contributed by atoms with Gasteiger partial charge in [-0.15, -0.1) is 0 Å². The van der Waals surface area contributed by atoms with Crippen molar-refractivity contribution < 1.29 is 9.50 Å². The molecule has 16 heavy (non-hydrogen) atoms. The Bertz CT molecular complexity index is 317. The lowest BCUT2D eigenvalue weighted by atomic mass is 10.1. The van der Waals surface area contributed by atoms with Crippen molar-refractivity contribution in [1.29, 1.82) is 0 Å². The Morgan fingerprint density at radius 2 is 2.06 bits per heavy atom. The zero-order chi connectivity index (χ0) is 12.0. The third kappa shape index (κ3) is 4.73. The van der Waals surface area contributed by atoms with Crippen molar-refractivity contribution in [2.24, 2.45) is 0 Å². The number of benzene rings is 1. The van der Waals surface area contributed by atoms with Crippen LogP contribution in [-0.4, -0.2) is 23.8 Å². The van der Waals surface area contributed by atoms with E-state index < -0.39 is 0 Å². The fraction of sp³-hybridized carbons (Fsp3) is 0.538. The van der Waals surface area contributed by atoms with Gasteiger partial charge < -0.3 is 10.4 Å². The molecule has 2 nitrogen and oxygen atoms in total. The van der Waals surface area contributed by atoms with Crippen molar-refractivity contribution in [2.75, 3.05) is 6.61 Å². The highest BCUT2D eigenvalue weighted by atomic mass is 19.1. The molecule has 0 aliphatic heterocycles. The Balaban J connectivity index is 2.34. The summed E-state index contributed by atoms with van der Waals surface area (Å²) in [6.45, 7) is 4.16. The molecule has 0 amide bonds. The van der Waals surface area contributed by atoms with Crippen molar-refractivity contribution >= 4 is 0 Å². The zero-order valence-electron chi connectivity index (χ0n) is 9.91. The van der Waals surface area contributed by atoms with Gasteiger partial charge in [0.2, 0.25) is 0 Å². The molecule has 0 spiro atoms. The summed E-state index contributed by atoms with van der Waals surface area (Å²) in [5, 5.41) is 12.2. The Labute approximate surface area is 96.5 Å². The lowest BCUT2D eigenvalue weighted by Gasteiger charge is -2.18. The Kier molecular flexibility index (Phi) is 5.43. The molecule has 0 radical (unpaired) electrons. The number of aryl methyl sites for hydroxylation is 1. The predicted octanol–water partition coefficient (Wildman–Crippen LogP) is 2.12. The van der Waals surface area contributed by atoms with Crippen molar-refractivity contribution in [3.63, 3.8) is 0 Å². The van der Waals surface area contributed by atoms with E-state index in [-0.39, 0.29) is 18.5 Å². The number of nitrogens with one attached hydrogen (secondary N) is 1. The van der Waals surface area contributed by atoms with Gasteiger partial charge in [-0.05, 0) is 44.4 Å². The number of hydrogen-bond donors (Lipinski definition) is 2. The lowest BCUT2D eigenvalue weighted by molar-refractivity contribution is 0.241. The largest absolute Gasteiger partial charge is 0.395 e. The Hall–Kier alpha value is -0.930. The van der Waals surface area contributed by atoms with Gasteiger partial charge in [-0.3, -0.25) is 0 Å². The first kappa shape index (κ1) is 13.1. The maximum atomic E-state index is 12.9. The van der Waals surface area contributed by atoms with Crippen LogP contribution in [0.4, 0.5) is 4.39 Å². The molecular formula is C13H20FNO. The molecule has 2 atom stereocenters. The molecule has 0 fully saturated rings. The summed E-state index contributed by atoms with van der Waals surface area (Å²) in [5.41, 5.74) is 1.02. The molecule has 0 heterocycles. The molecule has 3 heteroatoms. The molecule has 0 aromatic heterocycles. The van der Waals surface area contributed by atoms with E-state index >= 15 is 0 Å². The van der Waals surface area contributed by atoms with E-state index in [1.807, 2.05) is 13.0 Å². The van der Waals surface area contributed by atoms with Crippen molar-refractivity contribution in [1.82, 2.24) is 5.32 Å². The molecule has 1 aromatic rings. The van der Waals surface area contributed by atoms with Crippen LogP contribution in [0.2, 0.25) is 0 Å². The van der Waals surface area contributed by atoms with Crippen LogP contribution in [0.5, 0.6) is 0 Å². The Morgan fingerprint density at radius 3 is 2.69 bits per heavy atom. The topological polar surface area (TPSA) is 32.3 Å². The van der Waals surface area contributed by atoms with Crippen LogP contribution in [-0.2, 0) is 6.42 Å². The average molecular weight is 225 g/mol. The molecule has 90 valence electrons. The van der Waals surface area contributed by atoms with Gasteiger partial charge in [-0.25, -0.2) is 4.39 Å². The van der Waals surface area contributed by atoms with E-state index in [0.29, 0.717) is 6.04 Å². The van der Waals surface area contributed by atoms with Gasteiger partial charge in [-0.1, -0.05) is 12.1 Å². The van der Waals surface area contributed by atoms with Crippen LogP contribution < -0.4 is 5.32 Å². The second-order valence-corrected chi connectivity index (χ2v) is 4.32. The number of aliphatic hydroxyl groups excluding tert-OH is 1. The van der Waals surface area contributed by atoms with Crippen LogP contribution in [0.1, 0.15) is 25.8 Å². The molecule has 0 saturated carbocycles. The third-order valence-corrected chi connectivity index (χ3v) is 2.60. The minimum atomic E-state index is -0.179. The summed E-state index contributed by atoms with van der Waals surface area (Å²) < 4.78 is 12.9. The normalized spacial score (nSPS) is 14.8. The fourth-order valence-electron chi connectivity index (χ4n) is 1.70. The van der Waals surface area contributed by atoms with Crippen molar-refractivity contribution in [3.05, 3.63) is 35.6 Å². The van der Waals surface area contributed by atoms with E-state index in [1.54, 1.807) is 12.1 Å². The minimum absolute atomic E-state index is 0.113. The number of rotatable bonds is 6. The molecule has 0 saturated heterocycles. The second kappa shape index (κ2) is 6.61. The lowest BCUT2D eigenvalue weighted by Crippen LogP contribution is -2.37. The summed E-state index contributed by atoms with van der Waals surface area (Å²) in [6, 6.07) is 7.14. The predicted molar refractivity (Wildman–Crippen MR) is 63.9 cm³/mol. The smallest absolute Gasteiger partial charge is 0.123 e. The average Bonchev–Trinajstić information content (AvgIpc) is 2.26. The van der Waals surface area contributed by atoms with Crippen molar-refractivity contribution in [3.8, 4) is 0 Å². The molecular weight excluding hydrogens is 205 g/mol. The summed E-state index contributed by atoms with van der Waals surface area (Å²) in [5.74, 6) is -0.179. The summed E-state index contributed by atoms with van der Waals surface area (Å²) >= 11 is 0. The number of aliphatic hydroxyl groups is 1. The van der Waals surface area contributed by atoms with Crippen LogP contribution in [0.3, 0.4) is 0 Å². The quantitative estimate of drug-likeness (QED) is 0.777. The van der Waals surface area contributed by atoms with Gasteiger partial charge in [0, 0.05) is 12.1 Å². The van der Waals surface area contributed by atoms with E-state index in [0.717, 1.165) is 18.4 Å². The van der Waals surface area contributed by atoms with E-state index in [4.69, 9.17) is 5.11 Å². The molecule has 0 aliphatic rings. The van der Waals surface area contributed by atoms with Crippen LogP contribution in [0.15, 0.2) is 24.3 Å². The highest BCUT2D eigenvalue weighted by Gasteiger charge is 2.06. The first-order chi connectivity index (χ1) is 7.61. The standard InChI is InChI=1S/C13H20FNO/c1-10(15-11(2)9-16)6-7-12-4-3-5-13(14)8-12/h3-5,8,10-11,15-16H,6-7,9H2,1-2H3/t10?,11-/m0/s1. The van der Waals surface area contributed by atoms with Gasteiger partial charge in [0.05, 0.1) is 6.61 Å². The highest BCUT2D eigenvalue weighted by Crippen LogP contribution is 2.07. The molecule has 2 N–H and O–H groups in total. The zero-order valence-corrected chi connectivity index (χ0v) is 9.91. The first-order valence-corrected chi connectivity index (χ1v) is 5.73. The van der Waals surface area contributed by atoms with Gasteiger partial charge >= 0.3 is 0 Å². The maximum absolute atomic E-state index is 12.9. The molecule has 0 bridgehead atoms. The SMILES string of the molecule is CC(CCc1cccc(F)c1)N[C@@H](C)CO. The fourth-order valence-corrected chi connectivity index (χ4v) is 1.70. The molecule has 1 unspecified atom stereocenters. The summed E-state index contributed by atoms with van der Waals surface area (Å²) in [4.78, 5) is 0. The van der Waals surface area contributed by atoms with Crippen molar-refractivity contribution in [2.45, 2.75) is 38.8 Å². The molecule has 1 aromatic carbocycles. The minimum Gasteiger partial charge on any atom is -0.395 e. The van der Waals surface area contributed by atoms with E-state index in [9.17, 15) is 4.39 Å². The molecule has 1 rings (SSSR count). The van der Waals surface area contributed by atoms with Crippen LogP contribution >= 0.6 is 0 Å².